The van der Waals surface area contributed by atoms with Crippen LogP contribution in [0.1, 0.15) is 40.2 Å². The van der Waals surface area contributed by atoms with Gasteiger partial charge in [-0.2, -0.15) is 0 Å². The van der Waals surface area contributed by atoms with E-state index in [9.17, 15) is 0 Å². The average molecular weight is 232 g/mol. The number of hydrogen-bond acceptors (Lipinski definition) is 2. The second-order valence-electron chi connectivity index (χ2n) is 5.76. The molecule has 0 spiro atoms. The Morgan fingerprint density at radius 1 is 1.41 bits per heavy atom. The van der Waals surface area contributed by atoms with Gasteiger partial charge in [-0.1, -0.05) is 31.6 Å². The lowest BCUT2D eigenvalue weighted by Gasteiger charge is -2.23. The first-order valence-corrected chi connectivity index (χ1v) is 6.24. The Bertz CT molecular complexity index is 358. The summed E-state index contributed by atoms with van der Waals surface area (Å²) < 4.78 is 0. The Balaban J connectivity index is 2.76. The fourth-order valence-electron chi connectivity index (χ4n) is 1.46. The molecule has 0 aliphatic rings. The van der Waals surface area contributed by atoms with Gasteiger partial charge in [0, 0.05) is 24.5 Å². The third-order valence-electron chi connectivity index (χ3n) is 2.60. The summed E-state index contributed by atoms with van der Waals surface area (Å²) in [7, 11) is 0. The van der Waals surface area contributed by atoms with Crippen LogP contribution in [0.25, 0.3) is 6.08 Å². The standard InChI is InChI=1S/C15H24N2/c1-12(2)14(11-17-15(3,4)5)9-13-7-6-8-16-10-13/h6-10,12,17H,11H2,1-5H3. The van der Waals surface area contributed by atoms with Gasteiger partial charge in [0.1, 0.15) is 0 Å². The summed E-state index contributed by atoms with van der Waals surface area (Å²) in [6, 6.07) is 4.06. The van der Waals surface area contributed by atoms with Crippen molar-refractivity contribution in [3.63, 3.8) is 0 Å². The molecule has 0 aromatic carbocycles. The van der Waals surface area contributed by atoms with Crippen LogP contribution in [0.15, 0.2) is 30.1 Å². The van der Waals surface area contributed by atoms with Gasteiger partial charge in [-0.3, -0.25) is 4.98 Å². The SMILES string of the molecule is CC(C)C(=Cc1cccnc1)CNC(C)(C)C. The van der Waals surface area contributed by atoms with E-state index in [0.29, 0.717) is 5.92 Å². The number of pyridine rings is 1. The van der Waals surface area contributed by atoms with Crippen molar-refractivity contribution < 1.29 is 0 Å². The normalized spacial score (nSPS) is 13.2. The minimum Gasteiger partial charge on any atom is -0.308 e. The summed E-state index contributed by atoms with van der Waals surface area (Å²) in [6.07, 6.45) is 5.94. The lowest BCUT2D eigenvalue weighted by Crippen LogP contribution is -2.37. The number of aromatic nitrogens is 1. The molecule has 0 amide bonds. The molecule has 1 heterocycles. The second kappa shape index (κ2) is 5.97. The lowest BCUT2D eigenvalue weighted by atomic mass is 9.99. The molecule has 0 saturated heterocycles. The number of hydrogen-bond donors (Lipinski definition) is 1. The van der Waals surface area contributed by atoms with Crippen LogP contribution in [0, 0.1) is 5.92 Å². The quantitative estimate of drug-likeness (QED) is 0.859. The summed E-state index contributed by atoms with van der Waals surface area (Å²) >= 11 is 0. The minimum atomic E-state index is 0.156. The van der Waals surface area contributed by atoms with Crippen LogP contribution < -0.4 is 5.32 Å². The van der Waals surface area contributed by atoms with E-state index in [-0.39, 0.29) is 5.54 Å². The first-order chi connectivity index (χ1) is 7.88. The van der Waals surface area contributed by atoms with Gasteiger partial charge in [0.05, 0.1) is 0 Å². The maximum atomic E-state index is 4.14. The third-order valence-corrected chi connectivity index (χ3v) is 2.60. The molecule has 1 aromatic rings. The van der Waals surface area contributed by atoms with E-state index in [1.54, 1.807) is 6.20 Å². The van der Waals surface area contributed by atoms with Crippen molar-refractivity contribution >= 4 is 6.08 Å². The van der Waals surface area contributed by atoms with Crippen molar-refractivity contribution in [3.8, 4) is 0 Å². The van der Waals surface area contributed by atoms with Crippen LogP contribution in [0.5, 0.6) is 0 Å². The van der Waals surface area contributed by atoms with Crippen molar-refractivity contribution in [2.75, 3.05) is 6.54 Å². The second-order valence-corrected chi connectivity index (χ2v) is 5.76. The molecule has 0 aliphatic heterocycles. The highest BCUT2D eigenvalue weighted by Crippen LogP contribution is 2.14. The van der Waals surface area contributed by atoms with Gasteiger partial charge in [-0.05, 0) is 38.3 Å². The highest BCUT2D eigenvalue weighted by atomic mass is 14.9. The Hall–Kier alpha value is -1.15. The first kappa shape index (κ1) is 13.9. The van der Waals surface area contributed by atoms with E-state index in [2.05, 4.69) is 57.1 Å². The molecule has 2 nitrogen and oxygen atoms in total. The van der Waals surface area contributed by atoms with Gasteiger partial charge < -0.3 is 5.32 Å². The average Bonchev–Trinajstić information content (AvgIpc) is 2.24. The fourth-order valence-corrected chi connectivity index (χ4v) is 1.46. The fraction of sp³-hybridized carbons (Fsp3) is 0.533. The van der Waals surface area contributed by atoms with Crippen LogP contribution >= 0.6 is 0 Å². The van der Waals surface area contributed by atoms with Crippen LogP contribution in [0.2, 0.25) is 0 Å². The molecule has 0 radical (unpaired) electrons. The molecule has 0 atom stereocenters. The predicted octanol–water partition coefficient (Wildman–Crippen LogP) is 3.51. The maximum Gasteiger partial charge on any atom is 0.0340 e. The smallest absolute Gasteiger partial charge is 0.0340 e. The molecule has 0 unspecified atom stereocenters. The molecule has 0 saturated carbocycles. The van der Waals surface area contributed by atoms with E-state index in [1.165, 1.54) is 11.1 Å². The molecule has 1 N–H and O–H groups in total. The van der Waals surface area contributed by atoms with Crippen LogP contribution in [0.3, 0.4) is 0 Å². The molecular formula is C15H24N2. The van der Waals surface area contributed by atoms with E-state index in [4.69, 9.17) is 0 Å². The highest BCUT2D eigenvalue weighted by molar-refractivity contribution is 5.52. The van der Waals surface area contributed by atoms with Crippen molar-refractivity contribution in [3.05, 3.63) is 35.7 Å². The summed E-state index contributed by atoms with van der Waals surface area (Å²) in [5.74, 6) is 0.546. The van der Waals surface area contributed by atoms with Gasteiger partial charge in [0.25, 0.3) is 0 Å². The molecule has 94 valence electrons. The predicted molar refractivity (Wildman–Crippen MR) is 74.8 cm³/mol. The zero-order valence-electron chi connectivity index (χ0n) is 11.6. The van der Waals surface area contributed by atoms with Crippen molar-refractivity contribution in [2.24, 2.45) is 5.92 Å². The van der Waals surface area contributed by atoms with Crippen LogP contribution in [-0.2, 0) is 0 Å². The Morgan fingerprint density at radius 2 is 2.12 bits per heavy atom. The van der Waals surface area contributed by atoms with Crippen LogP contribution in [0.4, 0.5) is 0 Å². The van der Waals surface area contributed by atoms with E-state index in [1.807, 2.05) is 12.3 Å². The number of rotatable bonds is 4. The third kappa shape index (κ3) is 5.64. The van der Waals surface area contributed by atoms with Crippen LogP contribution in [-0.4, -0.2) is 17.1 Å². The molecule has 2 heteroatoms. The Morgan fingerprint density at radius 3 is 2.59 bits per heavy atom. The summed E-state index contributed by atoms with van der Waals surface area (Å²) in [6.45, 7) is 12.0. The van der Waals surface area contributed by atoms with E-state index >= 15 is 0 Å². The molecule has 0 fully saturated rings. The van der Waals surface area contributed by atoms with Crippen molar-refractivity contribution in [2.45, 2.75) is 40.2 Å². The Kier molecular flexibility index (Phi) is 4.88. The molecule has 0 aliphatic carbocycles. The van der Waals surface area contributed by atoms with Gasteiger partial charge in [-0.25, -0.2) is 0 Å². The van der Waals surface area contributed by atoms with Gasteiger partial charge >= 0.3 is 0 Å². The molecular weight excluding hydrogens is 208 g/mol. The maximum absolute atomic E-state index is 4.14. The summed E-state index contributed by atoms with van der Waals surface area (Å²) in [5, 5.41) is 3.53. The molecule has 17 heavy (non-hydrogen) atoms. The molecule has 1 rings (SSSR count). The molecule has 1 aromatic heterocycles. The molecule has 0 bridgehead atoms. The zero-order chi connectivity index (χ0) is 12.9. The van der Waals surface area contributed by atoms with Gasteiger partial charge in [0.15, 0.2) is 0 Å². The number of nitrogens with zero attached hydrogens (tertiary/aromatic N) is 1. The number of nitrogens with one attached hydrogen (secondary N) is 1. The Labute approximate surface area is 105 Å². The first-order valence-electron chi connectivity index (χ1n) is 6.24. The van der Waals surface area contributed by atoms with Gasteiger partial charge in [0.2, 0.25) is 0 Å². The van der Waals surface area contributed by atoms with E-state index < -0.39 is 0 Å². The topological polar surface area (TPSA) is 24.9 Å². The summed E-state index contributed by atoms with van der Waals surface area (Å²) in [4.78, 5) is 4.14. The minimum absolute atomic E-state index is 0.156. The highest BCUT2D eigenvalue weighted by Gasteiger charge is 2.11. The lowest BCUT2D eigenvalue weighted by molar-refractivity contribution is 0.437. The van der Waals surface area contributed by atoms with Gasteiger partial charge in [-0.15, -0.1) is 0 Å². The summed E-state index contributed by atoms with van der Waals surface area (Å²) in [5.41, 5.74) is 2.74. The van der Waals surface area contributed by atoms with Crippen molar-refractivity contribution in [1.29, 1.82) is 0 Å². The van der Waals surface area contributed by atoms with Crippen molar-refractivity contribution in [1.82, 2.24) is 10.3 Å². The monoisotopic (exact) mass is 232 g/mol. The largest absolute Gasteiger partial charge is 0.308 e. The van der Waals surface area contributed by atoms with E-state index in [0.717, 1.165) is 6.54 Å². The zero-order valence-corrected chi connectivity index (χ0v) is 11.6.